The predicted molar refractivity (Wildman–Crippen MR) is 456 cm³/mol. The summed E-state index contributed by atoms with van der Waals surface area (Å²) >= 11 is 0. The Hall–Kier alpha value is -5.46. The molecule has 0 saturated heterocycles. The molecule has 0 heteroatoms. The average Bonchev–Trinajstić information content (AvgIpc) is 0.821. The van der Waals surface area contributed by atoms with E-state index >= 15 is 0 Å². The highest BCUT2D eigenvalue weighted by atomic mass is 14.3. The van der Waals surface area contributed by atoms with Gasteiger partial charge in [0.2, 0.25) is 0 Å². The third-order valence-electron chi connectivity index (χ3n) is 18.6. The lowest BCUT2D eigenvalue weighted by Crippen LogP contribution is -2.21. The van der Waals surface area contributed by atoms with Gasteiger partial charge in [-0.1, -0.05) is 388 Å². The highest BCUT2D eigenvalue weighted by Crippen LogP contribution is 2.39. The molecule has 0 aliphatic carbocycles. The number of aryl methyl sites for hydroxylation is 7. The Morgan fingerprint density at radius 2 is 0.530 bits per heavy atom. The van der Waals surface area contributed by atoms with Crippen LogP contribution in [0.3, 0.4) is 0 Å². The molecular formula is C100H158. The van der Waals surface area contributed by atoms with E-state index in [1.54, 1.807) is 39.9 Å². The van der Waals surface area contributed by atoms with Crippen molar-refractivity contribution in [1.29, 1.82) is 0 Å². The minimum atomic E-state index is -2.01. The van der Waals surface area contributed by atoms with Crippen LogP contribution in [0.2, 0.25) is 0 Å². The molecule has 0 amide bonds. The van der Waals surface area contributed by atoms with Gasteiger partial charge in [-0.2, -0.15) is 0 Å². The number of benzene rings is 7. The van der Waals surface area contributed by atoms with Crippen LogP contribution >= 0.6 is 0 Å². The van der Waals surface area contributed by atoms with Crippen LogP contribution in [0.1, 0.15) is 382 Å². The van der Waals surface area contributed by atoms with Crippen LogP contribution in [0, 0.1) is 46.4 Å². The maximum Gasteiger partial charge on any atom is 0.0280 e. The summed E-state index contributed by atoms with van der Waals surface area (Å²) in [6.45, 7) is 88.3. The van der Waals surface area contributed by atoms with Crippen LogP contribution in [0.5, 0.6) is 0 Å². The largest absolute Gasteiger partial charge is 0.0625 e. The Bertz CT molecular complexity index is 3500. The molecule has 7 aromatic carbocycles. The molecule has 0 saturated carbocycles. The molecule has 0 unspecified atom stereocenters. The van der Waals surface area contributed by atoms with Crippen molar-refractivity contribution in [2.24, 2.45) is 11.8 Å². The van der Waals surface area contributed by atoms with Crippen molar-refractivity contribution in [3.63, 3.8) is 0 Å². The molecule has 0 fully saturated rings. The monoisotopic (exact) mass is 1360 g/mol. The molecule has 0 heterocycles. The normalized spacial score (nSPS) is 12.8. The fraction of sp³-hybridized carbons (Fsp3) is 0.580. The zero-order chi connectivity index (χ0) is 80.3. The second-order valence-corrected chi connectivity index (χ2v) is 39.0. The van der Waals surface area contributed by atoms with E-state index in [0.717, 1.165) is 35.8 Å². The molecule has 7 rings (SSSR count). The minimum Gasteiger partial charge on any atom is -0.0625 e. The van der Waals surface area contributed by atoms with Gasteiger partial charge in [-0.15, -0.1) is 0 Å². The first-order valence-corrected chi connectivity index (χ1v) is 38.8. The third kappa shape index (κ3) is 30.1. The van der Waals surface area contributed by atoms with Crippen LogP contribution in [0.25, 0.3) is 0 Å². The first-order valence-electron chi connectivity index (χ1n) is 40.3. The molecule has 0 aliphatic heterocycles. The molecule has 0 radical (unpaired) electrons. The summed E-state index contributed by atoms with van der Waals surface area (Å²) in [5, 5.41) is 0. The van der Waals surface area contributed by atoms with Crippen molar-refractivity contribution in [3.8, 4) is 0 Å². The van der Waals surface area contributed by atoms with Gasteiger partial charge in [0.05, 0.1) is 0 Å². The number of hydrogen-bond donors (Lipinski definition) is 0. The third-order valence-corrected chi connectivity index (χ3v) is 18.6. The van der Waals surface area contributed by atoms with E-state index < -0.39 is 6.85 Å². The molecule has 0 nitrogen and oxygen atoms in total. The van der Waals surface area contributed by atoms with E-state index in [1.807, 2.05) is 13.8 Å². The molecule has 558 valence electrons. The van der Waals surface area contributed by atoms with E-state index in [2.05, 4.69) is 384 Å². The molecule has 0 bridgehead atoms. The molecule has 0 spiro atoms. The molecule has 0 aromatic heterocycles. The van der Waals surface area contributed by atoms with E-state index in [9.17, 15) is 0 Å². The summed E-state index contributed by atoms with van der Waals surface area (Å²) < 4.78 is 22.3. The Morgan fingerprint density at radius 1 is 0.270 bits per heavy atom. The summed E-state index contributed by atoms with van der Waals surface area (Å²) in [4.78, 5) is 0. The predicted octanol–water partition coefficient (Wildman–Crippen LogP) is 30.6. The second kappa shape index (κ2) is 38.9. The second-order valence-electron chi connectivity index (χ2n) is 39.0. The van der Waals surface area contributed by atoms with Gasteiger partial charge in [0.25, 0.3) is 0 Å². The topological polar surface area (TPSA) is 0 Å². The van der Waals surface area contributed by atoms with Crippen LogP contribution in [-0.2, 0) is 69.0 Å². The first kappa shape index (κ1) is 86.9. The summed E-state index contributed by atoms with van der Waals surface area (Å²) in [7, 11) is 0. The standard InChI is InChI=1S/C18H30.C16H26.2C14H22.2C13H20.C12H18/c1-13(2)11-15-9-8-10-16(12-14(3)4)17(15)18(5,6)7;1-11(2)13-9-8-10-14(12(3)4)15(13)16(5,6)7;1-13(2,3)11-9-7-8-10-12(11)14(4,5)6;1-6-11-9-8-10-12(7-2)13(11)14(3,4)5;1-9-7-10(2)12(11(3)8-9)13(4,5)6;1-10(2)11-8-6-7-9-12(11)13(3,4)5;1-9-7-6-8-10(2)11(9)12(3,4)5/h8-10,13-14H,11-12H2,1-7H3;8-12H,1-7H3;7-10H,1-6H3;8-10H,6-7H2,1-5H3;7-8H,1-6H3;6-10H,1-5H3;6-8H,1-5H3/i;;;;1D3;;. The summed E-state index contributed by atoms with van der Waals surface area (Å²) in [6.07, 6.45) is 4.66. The van der Waals surface area contributed by atoms with Crippen molar-refractivity contribution in [1.82, 2.24) is 0 Å². The van der Waals surface area contributed by atoms with E-state index in [4.69, 9.17) is 4.11 Å². The molecule has 0 N–H and O–H groups in total. The smallest absolute Gasteiger partial charge is 0.0280 e. The number of hydrogen-bond acceptors (Lipinski definition) is 0. The highest BCUT2D eigenvalue weighted by molar-refractivity contribution is 5.46. The van der Waals surface area contributed by atoms with Crippen LogP contribution < -0.4 is 0 Å². The van der Waals surface area contributed by atoms with E-state index in [-0.39, 0.29) is 43.3 Å². The maximum atomic E-state index is 7.43. The fourth-order valence-corrected chi connectivity index (χ4v) is 15.1. The Kier molecular flexibility index (Phi) is 33.8. The van der Waals surface area contributed by atoms with Gasteiger partial charge in [0, 0.05) is 4.11 Å². The van der Waals surface area contributed by atoms with Gasteiger partial charge >= 0.3 is 0 Å². The van der Waals surface area contributed by atoms with Crippen molar-refractivity contribution in [2.75, 3.05) is 0 Å². The van der Waals surface area contributed by atoms with Crippen molar-refractivity contribution in [3.05, 3.63) is 245 Å². The SMILES string of the molecule is CC(C)(C)c1ccccc1C(C)(C)C.CC(C)Cc1cccc(CC(C)C)c1C(C)(C)C.CC(C)c1cccc(C(C)C)c1C(C)(C)C.CC(C)c1ccccc1C(C)(C)C.CCc1cccc(CC)c1C(C)(C)C.Cc1cccc(C)c1C(C)(C)C.[2H]C([2H])([2H])c1cc(C)c(C(C)(C)C)c(C)c1. The Balaban J connectivity index is 0.000000603. The molecule has 0 aliphatic rings. The zero-order valence-corrected chi connectivity index (χ0v) is 72.9. The Morgan fingerprint density at radius 3 is 0.790 bits per heavy atom. The molecule has 100 heavy (non-hydrogen) atoms. The van der Waals surface area contributed by atoms with Crippen LogP contribution in [-0.4, -0.2) is 0 Å². The minimum absolute atomic E-state index is 0.0570. The van der Waals surface area contributed by atoms with Crippen molar-refractivity contribution >= 4 is 0 Å². The molecule has 0 atom stereocenters. The Labute approximate surface area is 627 Å². The van der Waals surface area contributed by atoms with Crippen molar-refractivity contribution < 1.29 is 4.11 Å². The van der Waals surface area contributed by atoms with Gasteiger partial charge in [0.1, 0.15) is 0 Å². The first-order chi connectivity index (χ1) is 46.6. The van der Waals surface area contributed by atoms with Gasteiger partial charge in [-0.25, -0.2) is 0 Å². The number of rotatable bonds is 9. The summed E-state index contributed by atoms with van der Waals surface area (Å²) in [5.41, 5.74) is 29.7. The van der Waals surface area contributed by atoms with E-state index in [1.165, 1.54) is 79.6 Å². The maximum absolute atomic E-state index is 7.43. The lowest BCUT2D eigenvalue weighted by atomic mass is 9.75. The average molecular weight is 1360 g/mol. The lowest BCUT2D eigenvalue weighted by molar-refractivity contribution is 0.530. The van der Waals surface area contributed by atoms with Crippen molar-refractivity contribution in [2.45, 2.75) is 371 Å². The van der Waals surface area contributed by atoms with Gasteiger partial charge in [-0.3, -0.25) is 0 Å². The lowest BCUT2D eigenvalue weighted by Gasteiger charge is -2.29. The zero-order valence-electron chi connectivity index (χ0n) is 75.9. The van der Waals surface area contributed by atoms with Gasteiger partial charge < -0.3 is 0 Å². The van der Waals surface area contributed by atoms with Crippen LogP contribution in [0.15, 0.2) is 133 Å². The van der Waals surface area contributed by atoms with Crippen LogP contribution in [0.4, 0.5) is 0 Å². The quantitative estimate of drug-likeness (QED) is 0.135. The fourth-order valence-electron chi connectivity index (χ4n) is 15.1. The summed E-state index contributed by atoms with van der Waals surface area (Å²) in [5.74, 6) is 3.28. The van der Waals surface area contributed by atoms with Gasteiger partial charge in [-0.05, 0) is 239 Å². The highest BCUT2D eigenvalue weighted by Gasteiger charge is 2.28. The van der Waals surface area contributed by atoms with E-state index in [0.29, 0.717) is 23.3 Å². The van der Waals surface area contributed by atoms with Gasteiger partial charge in [0.15, 0.2) is 0 Å². The molecule has 7 aromatic rings. The summed E-state index contributed by atoms with van der Waals surface area (Å²) in [6, 6.07) is 48.0. The molecular weight excluding hydrogens is 1200 g/mol.